The Bertz CT molecular complexity index is 521. The molecule has 0 aliphatic carbocycles. The summed E-state index contributed by atoms with van der Waals surface area (Å²) in [5.41, 5.74) is 1.36. The Labute approximate surface area is 142 Å². The smallest absolute Gasteiger partial charge is 0.303 e. The van der Waals surface area contributed by atoms with Crippen molar-refractivity contribution < 1.29 is 19.8 Å². The van der Waals surface area contributed by atoms with Gasteiger partial charge in [-0.1, -0.05) is 13.3 Å². The van der Waals surface area contributed by atoms with Gasteiger partial charge in [-0.2, -0.15) is 0 Å². The molecule has 2 N–H and O–H groups in total. The van der Waals surface area contributed by atoms with Crippen molar-refractivity contribution in [1.29, 1.82) is 0 Å². The van der Waals surface area contributed by atoms with Gasteiger partial charge in [0, 0.05) is 22.6 Å². The second-order valence-electron chi connectivity index (χ2n) is 6.40. The quantitative estimate of drug-likeness (QED) is 0.614. The monoisotopic (exact) mass is 340 g/mol. The highest BCUT2D eigenvalue weighted by molar-refractivity contribution is 7.12. The van der Waals surface area contributed by atoms with Crippen molar-refractivity contribution in [3.8, 4) is 0 Å². The van der Waals surface area contributed by atoms with E-state index in [0.717, 1.165) is 25.7 Å². The Kier molecular flexibility index (Phi) is 8.31. The number of hydrogen-bond donors (Lipinski definition) is 2. The Morgan fingerprint density at radius 2 is 1.74 bits per heavy atom. The van der Waals surface area contributed by atoms with Gasteiger partial charge in [0.2, 0.25) is 0 Å². The van der Waals surface area contributed by atoms with Gasteiger partial charge in [-0.05, 0) is 63.0 Å². The maximum absolute atomic E-state index is 11.1. The van der Waals surface area contributed by atoms with E-state index in [9.17, 15) is 9.59 Å². The number of aliphatic carboxylic acids is 2. The molecule has 130 valence electrons. The van der Waals surface area contributed by atoms with Crippen LogP contribution in [0, 0.1) is 25.7 Å². The minimum atomic E-state index is -0.796. The lowest BCUT2D eigenvalue weighted by molar-refractivity contribution is -0.138. The fourth-order valence-electron chi connectivity index (χ4n) is 3.18. The van der Waals surface area contributed by atoms with Gasteiger partial charge in [-0.15, -0.1) is 11.3 Å². The minimum Gasteiger partial charge on any atom is -0.481 e. The van der Waals surface area contributed by atoms with E-state index in [0.29, 0.717) is 6.42 Å². The molecule has 2 unspecified atom stereocenters. The van der Waals surface area contributed by atoms with Crippen molar-refractivity contribution in [2.75, 3.05) is 0 Å². The van der Waals surface area contributed by atoms with Crippen molar-refractivity contribution in [2.24, 2.45) is 11.8 Å². The van der Waals surface area contributed by atoms with Crippen LogP contribution in [0.3, 0.4) is 0 Å². The van der Waals surface area contributed by atoms with E-state index in [2.05, 4.69) is 19.9 Å². The van der Waals surface area contributed by atoms with Gasteiger partial charge in [0.05, 0.1) is 0 Å². The van der Waals surface area contributed by atoms with E-state index in [1.165, 1.54) is 15.3 Å². The molecule has 0 aliphatic heterocycles. The summed E-state index contributed by atoms with van der Waals surface area (Å²) in [5.74, 6) is -1.45. The third-order valence-electron chi connectivity index (χ3n) is 4.37. The average molecular weight is 340 g/mol. The van der Waals surface area contributed by atoms with Crippen molar-refractivity contribution in [3.05, 3.63) is 21.4 Å². The molecule has 5 heteroatoms. The maximum Gasteiger partial charge on any atom is 0.303 e. The predicted octanol–water partition coefficient (Wildman–Crippen LogP) is 4.67. The first kappa shape index (κ1) is 19.7. The standard InChI is InChI=1S/C18H28O4S/c1-4-14(10-17(19)20)9-15(11-18(21)22)6-5-7-16-8-12(2)23-13(16)3/h8,14-15H,4-7,9-11H2,1-3H3,(H,19,20)(H,21,22). The third kappa shape index (κ3) is 7.64. The van der Waals surface area contributed by atoms with Crippen molar-refractivity contribution in [3.63, 3.8) is 0 Å². The summed E-state index contributed by atoms with van der Waals surface area (Å²) in [7, 11) is 0. The van der Waals surface area contributed by atoms with Gasteiger partial charge in [-0.3, -0.25) is 9.59 Å². The molecule has 2 atom stereocenters. The number of aryl methyl sites for hydroxylation is 3. The first-order valence-corrected chi connectivity index (χ1v) is 9.12. The molecule has 0 bridgehead atoms. The molecule has 0 radical (unpaired) electrons. The molecule has 0 aliphatic rings. The maximum atomic E-state index is 11.1. The molecule has 0 saturated carbocycles. The summed E-state index contributed by atoms with van der Waals surface area (Å²) >= 11 is 1.80. The Hall–Kier alpha value is -1.36. The second kappa shape index (κ2) is 9.71. The van der Waals surface area contributed by atoms with Crippen LogP contribution in [0.1, 0.15) is 60.8 Å². The van der Waals surface area contributed by atoms with E-state index in [1.54, 1.807) is 11.3 Å². The molecule has 0 amide bonds. The van der Waals surface area contributed by atoms with Gasteiger partial charge in [-0.25, -0.2) is 0 Å². The number of carboxylic acids is 2. The van der Waals surface area contributed by atoms with E-state index >= 15 is 0 Å². The van der Waals surface area contributed by atoms with Crippen LogP contribution in [0.5, 0.6) is 0 Å². The van der Waals surface area contributed by atoms with Crippen LogP contribution in [0.25, 0.3) is 0 Å². The van der Waals surface area contributed by atoms with Crippen LogP contribution >= 0.6 is 11.3 Å². The van der Waals surface area contributed by atoms with Crippen LogP contribution in [0.15, 0.2) is 6.07 Å². The number of hydrogen-bond acceptors (Lipinski definition) is 3. The predicted molar refractivity (Wildman–Crippen MR) is 93.1 cm³/mol. The van der Waals surface area contributed by atoms with E-state index in [1.807, 2.05) is 6.92 Å². The summed E-state index contributed by atoms with van der Waals surface area (Å²) in [4.78, 5) is 24.6. The highest BCUT2D eigenvalue weighted by atomic mass is 32.1. The molecule has 23 heavy (non-hydrogen) atoms. The molecule has 0 spiro atoms. The first-order valence-electron chi connectivity index (χ1n) is 8.31. The molecule has 1 aromatic heterocycles. The highest BCUT2D eigenvalue weighted by Gasteiger charge is 2.20. The Morgan fingerprint density at radius 3 is 2.22 bits per heavy atom. The van der Waals surface area contributed by atoms with Gasteiger partial charge >= 0.3 is 11.9 Å². The fraction of sp³-hybridized carbons (Fsp3) is 0.667. The summed E-state index contributed by atoms with van der Waals surface area (Å²) in [6, 6.07) is 2.21. The summed E-state index contributed by atoms with van der Waals surface area (Å²) in [5, 5.41) is 18.1. The van der Waals surface area contributed by atoms with Gasteiger partial charge in [0.1, 0.15) is 0 Å². The normalized spacial score (nSPS) is 13.7. The van der Waals surface area contributed by atoms with Crippen LogP contribution in [-0.2, 0) is 16.0 Å². The van der Waals surface area contributed by atoms with E-state index in [4.69, 9.17) is 10.2 Å². The van der Waals surface area contributed by atoms with Gasteiger partial charge in [0.25, 0.3) is 0 Å². The zero-order chi connectivity index (χ0) is 17.4. The lowest BCUT2D eigenvalue weighted by atomic mass is 9.85. The molecule has 1 rings (SSSR count). The molecule has 0 saturated heterocycles. The molecule has 4 nitrogen and oxygen atoms in total. The zero-order valence-electron chi connectivity index (χ0n) is 14.3. The van der Waals surface area contributed by atoms with Crippen molar-refractivity contribution >= 4 is 23.3 Å². The first-order chi connectivity index (χ1) is 10.8. The van der Waals surface area contributed by atoms with Crippen LogP contribution < -0.4 is 0 Å². The minimum absolute atomic E-state index is 0.0665. The largest absolute Gasteiger partial charge is 0.481 e. The van der Waals surface area contributed by atoms with Crippen LogP contribution in [0.2, 0.25) is 0 Å². The third-order valence-corrected chi connectivity index (χ3v) is 5.38. The summed E-state index contributed by atoms with van der Waals surface area (Å²) in [6.45, 7) is 6.21. The number of thiophene rings is 1. The lowest BCUT2D eigenvalue weighted by Crippen LogP contribution is -2.16. The van der Waals surface area contributed by atoms with Gasteiger partial charge < -0.3 is 10.2 Å². The van der Waals surface area contributed by atoms with Crippen LogP contribution in [0.4, 0.5) is 0 Å². The lowest BCUT2D eigenvalue weighted by Gasteiger charge is -2.20. The van der Waals surface area contributed by atoms with E-state index < -0.39 is 11.9 Å². The summed E-state index contributed by atoms with van der Waals surface area (Å²) in [6.07, 6.45) is 4.52. The van der Waals surface area contributed by atoms with Crippen LogP contribution in [-0.4, -0.2) is 22.2 Å². The molecule has 0 aromatic carbocycles. The molecule has 0 fully saturated rings. The fourth-order valence-corrected chi connectivity index (χ4v) is 4.15. The van der Waals surface area contributed by atoms with Crippen molar-refractivity contribution in [1.82, 2.24) is 0 Å². The van der Waals surface area contributed by atoms with Crippen molar-refractivity contribution in [2.45, 2.75) is 65.7 Å². The molecular weight excluding hydrogens is 312 g/mol. The average Bonchev–Trinajstić information content (AvgIpc) is 2.75. The number of carbonyl (C=O) groups is 2. The Morgan fingerprint density at radius 1 is 1.13 bits per heavy atom. The molecule has 1 aromatic rings. The molecular formula is C18H28O4S. The van der Waals surface area contributed by atoms with E-state index in [-0.39, 0.29) is 24.7 Å². The highest BCUT2D eigenvalue weighted by Crippen LogP contribution is 2.27. The topological polar surface area (TPSA) is 74.6 Å². The number of carboxylic acid groups (broad SMARTS) is 2. The zero-order valence-corrected chi connectivity index (χ0v) is 15.1. The SMILES string of the molecule is CCC(CC(=O)O)CC(CCCc1cc(C)sc1C)CC(=O)O. The molecule has 1 heterocycles. The second-order valence-corrected chi connectivity index (χ2v) is 7.86. The summed E-state index contributed by atoms with van der Waals surface area (Å²) < 4.78 is 0. The van der Waals surface area contributed by atoms with Gasteiger partial charge in [0.15, 0.2) is 0 Å². The number of rotatable bonds is 11. The Balaban J connectivity index is 2.54.